The molecule has 2 aliphatic carbocycles. The Morgan fingerprint density at radius 2 is 1.70 bits per heavy atom. The second-order valence-corrected chi connectivity index (χ2v) is 9.24. The Kier molecular flexibility index (Phi) is 5.55. The Morgan fingerprint density at radius 1 is 1.11 bits per heavy atom. The first-order chi connectivity index (χ1) is 12.7. The van der Waals surface area contributed by atoms with Crippen LogP contribution in [0.1, 0.15) is 63.2 Å². The fourth-order valence-corrected chi connectivity index (χ4v) is 5.73. The fourth-order valence-electron chi connectivity index (χ4n) is 5.73. The Morgan fingerprint density at radius 3 is 2.19 bits per heavy atom. The smallest absolute Gasteiger partial charge is 0.335 e. The van der Waals surface area contributed by atoms with Crippen LogP contribution in [0.15, 0.2) is 24.3 Å². The molecule has 1 aromatic carbocycles. The summed E-state index contributed by atoms with van der Waals surface area (Å²) in [6.45, 7) is 9.62. The highest BCUT2D eigenvalue weighted by atomic mass is 16.4. The van der Waals surface area contributed by atoms with Crippen molar-refractivity contribution >= 4 is 11.7 Å². The molecule has 1 aromatic rings. The number of likely N-dealkylation sites (tertiary alicyclic amines) is 1. The third-order valence-electron chi connectivity index (χ3n) is 7.70. The van der Waals surface area contributed by atoms with Crippen molar-refractivity contribution in [2.24, 2.45) is 16.7 Å². The van der Waals surface area contributed by atoms with Crippen LogP contribution in [0.3, 0.4) is 0 Å². The molecular formula is C22H34N2O3. The highest BCUT2D eigenvalue weighted by Gasteiger charge is 2.67. The quantitative estimate of drug-likeness (QED) is 0.688. The number of fused-ring (bicyclic) bond motifs is 2. The van der Waals surface area contributed by atoms with Crippen LogP contribution in [-0.2, 0) is 0 Å². The second-order valence-electron chi connectivity index (χ2n) is 9.24. The standard InChI is InChI=1S/C15H27NO.C7H7NO2/c1-14(2)11-7-8-15(14,3)13(12(11)17)16-9-5-4-6-10-16;8-6-3-1-5(2-4-6)7(9)10/h11-13,17H,4-10H2,1-3H3;1-4H,8H2,(H,9,10)/t11-,12+,13-,15+;/m0./s1. The van der Waals surface area contributed by atoms with Crippen molar-refractivity contribution in [2.45, 2.75) is 65.0 Å². The number of hydrogen-bond donors (Lipinski definition) is 3. The number of rotatable bonds is 2. The van der Waals surface area contributed by atoms with Crippen LogP contribution in [0.4, 0.5) is 5.69 Å². The summed E-state index contributed by atoms with van der Waals surface area (Å²) in [4.78, 5) is 12.9. The zero-order valence-electron chi connectivity index (χ0n) is 16.8. The molecule has 4 atom stereocenters. The molecule has 4 N–H and O–H groups in total. The van der Waals surface area contributed by atoms with Crippen LogP contribution in [0, 0.1) is 16.7 Å². The summed E-state index contributed by atoms with van der Waals surface area (Å²) in [6, 6.07) is 6.49. The molecule has 3 aliphatic rings. The van der Waals surface area contributed by atoms with Gasteiger partial charge in [0.2, 0.25) is 0 Å². The number of aliphatic hydroxyl groups excluding tert-OH is 1. The molecule has 0 amide bonds. The molecule has 5 nitrogen and oxygen atoms in total. The average Bonchev–Trinajstić information content (AvgIpc) is 2.94. The van der Waals surface area contributed by atoms with E-state index in [4.69, 9.17) is 10.8 Å². The molecule has 27 heavy (non-hydrogen) atoms. The maximum Gasteiger partial charge on any atom is 0.335 e. The van der Waals surface area contributed by atoms with Gasteiger partial charge in [0.25, 0.3) is 0 Å². The van der Waals surface area contributed by atoms with Gasteiger partial charge in [-0.1, -0.05) is 27.2 Å². The summed E-state index contributed by atoms with van der Waals surface area (Å²) in [7, 11) is 0. The van der Waals surface area contributed by atoms with E-state index in [0.29, 0.717) is 28.5 Å². The minimum atomic E-state index is -0.931. The van der Waals surface area contributed by atoms with E-state index in [9.17, 15) is 9.90 Å². The predicted molar refractivity (Wildman–Crippen MR) is 108 cm³/mol. The molecular weight excluding hydrogens is 340 g/mol. The Labute approximate surface area is 162 Å². The lowest BCUT2D eigenvalue weighted by Crippen LogP contribution is -2.53. The van der Waals surface area contributed by atoms with Gasteiger partial charge in [0.05, 0.1) is 11.7 Å². The van der Waals surface area contributed by atoms with Gasteiger partial charge >= 0.3 is 5.97 Å². The van der Waals surface area contributed by atoms with E-state index in [1.165, 1.54) is 57.3 Å². The van der Waals surface area contributed by atoms with Crippen molar-refractivity contribution < 1.29 is 15.0 Å². The normalized spacial score (nSPS) is 34.7. The number of nitrogen functional groups attached to an aromatic ring is 1. The second kappa shape index (κ2) is 7.44. The van der Waals surface area contributed by atoms with Crippen LogP contribution >= 0.6 is 0 Å². The van der Waals surface area contributed by atoms with Gasteiger partial charge in [0.1, 0.15) is 0 Å². The van der Waals surface area contributed by atoms with Crippen molar-refractivity contribution in [1.82, 2.24) is 4.90 Å². The SMILES string of the molecule is CC1(C)[C@H]2CC[C@]1(C)[C@@H](N1CCCCC1)[C@@H]2O.Nc1ccc(C(=O)O)cc1. The van der Waals surface area contributed by atoms with Crippen LogP contribution in [0.5, 0.6) is 0 Å². The van der Waals surface area contributed by atoms with E-state index in [0.717, 1.165) is 0 Å². The zero-order chi connectivity index (χ0) is 19.8. The van der Waals surface area contributed by atoms with Crippen LogP contribution in [0.2, 0.25) is 0 Å². The van der Waals surface area contributed by atoms with Crippen molar-refractivity contribution in [3.8, 4) is 0 Å². The minimum absolute atomic E-state index is 0.0816. The van der Waals surface area contributed by atoms with Gasteiger partial charge < -0.3 is 15.9 Å². The summed E-state index contributed by atoms with van der Waals surface area (Å²) in [5.74, 6) is -0.403. The molecule has 1 saturated heterocycles. The van der Waals surface area contributed by atoms with Gasteiger partial charge in [0.15, 0.2) is 0 Å². The van der Waals surface area contributed by atoms with Gasteiger partial charge in [-0.25, -0.2) is 4.79 Å². The Balaban J connectivity index is 0.000000180. The lowest BCUT2D eigenvalue weighted by molar-refractivity contribution is -0.0256. The van der Waals surface area contributed by atoms with Gasteiger partial charge in [-0.15, -0.1) is 0 Å². The molecule has 4 rings (SSSR count). The number of aromatic carboxylic acids is 1. The number of nitrogens with zero attached hydrogens (tertiary/aromatic N) is 1. The molecule has 3 fully saturated rings. The van der Waals surface area contributed by atoms with E-state index in [1.54, 1.807) is 12.1 Å². The monoisotopic (exact) mass is 374 g/mol. The summed E-state index contributed by atoms with van der Waals surface area (Å²) < 4.78 is 0. The number of carboxylic acid groups (broad SMARTS) is 1. The van der Waals surface area contributed by atoms with Crippen molar-refractivity contribution in [3.63, 3.8) is 0 Å². The summed E-state index contributed by atoms with van der Waals surface area (Å²) in [5.41, 5.74) is 6.81. The Hall–Kier alpha value is -1.59. The van der Waals surface area contributed by atoms with Crippen molar-refractivity contribution in [3.05, 3.63) is 29.8 Å². The molecule has 2 saturated carbocycles. The number of benzene rings is 1. The molecule has 0 radical (unpaired) electrons. The molecule has 2 bridgehead atoms. The minimum Gasteiger partial charge on any atom is -0.478 e. The third kappa shape index (κ3) is 3.47. The number of piperidine rings is 1. The Bertz CT molecular complexity index is 667. The van der Waals surface area contributed by atoms with E-state index in [1.807, 2.05) is 0 Å². The number of anilines is 1. The largest absolute Gasteiger partial charge is 0.478 e. The molecule has 0 spiro atoms. The summed E-state index contributed by atoms with van der Waals surface area (Å²) in [5, 5.41) is 19.1. The molecule has 1 heterocycles. The van der Waals surface area contributed by atoms with Gasteiger partial charge in [-0.05, 0) is 79.8 Å². The first kappa shape index (κ1) is 20.2. The van der Waals surface area contributed by atoms with Gasteiger partial charge in [-0.3, -0.25) is 4.90 Å². The number of carbonyl (C=O) groups is 1. The molecule has 0 unspecified atom stereocenters. The molecule has 0 aromatic heterocycles. The summed E-state index contributed by atoms with van der Waals surface area (Å²) >= 11 is 0. The number of nitrogens with two attached hydrogens (primary N) is 1. The highest BCUT2D eigenvalue weighted by molar-refractivity contribution is 5.87. The lowest BCUT2D eigenvalue weighted by atomic mass is 9.68. The molecule has 1 aliphatic heterocycles. The maximum absolute atomic E-state index is 10.7. The van der Waals surface area contributed by atoms with Gasteiger partial charge in [0, 0.05) is 11.7 Å². The number of aliphatic hydroxyl groups is 1. The topological polar surface area (TPSA) is 86.8 Å². The van der Waals surface area contributed by atoms with Crippen LogP contribution in [0.25, 0.3) is 0 Å². The van der Waals surface area contributed by atoms with E-state index >= 15 is 0 Å². The van der Waals surface area contributed by atoms with Crippen molar-refractivity contribution in [2.75, 3.05) is 18.8 Å². The third-order valence-corrected chi connectivity index (χ3v) is 7.70. The first-order valence-electron chi connectivity index (χ1n) is 10.2. The average molecular weight is 375 g/mol. The van der Waals surface area contributed by atoms with E-state index in [-0.39, 0.29) is 11.7 Å². The molecule has 5 heteroatoms. The predicted octanol–water partition coefficient (Wildman–Crippen LogP) is 3.62. The van der Waals surface area contributed by atoms with Crippen molar-refractivity contribution in [1.29, 1.82) is 0 Å². The zero-order valence-corrected chi connectivity index (χ0v) is 16.8. The van der Waals surface area contributed by atoms with Crippen LogP contribution < -0.4 is 5.73 Å². The fraction of sp³-hybridized carbons (Fsp3) is 0.682. The number of hydrogen-bond acceptors (Lipinski definition) is 4. The summed E-state index contributed by atoms with van der Waals surface area (Å²) in [6.07, 6.45) is 6.48. The highest BCUT2D eigenvalue weighted by Crippen LogP contribution is 2.66. The maximum atomic E-state index is 10.7. The van der Waals surface area contributed by atoms with E-state index in [2.05, 4.69) is 25.7 Å². The first-order valence-corrected chi connectivity index (χ1v) is 10.2. The van der Waals surface area contributed by atoms with Gasteiger partial charge in [-0.2, -0.15) is 0 Å². The molecule has 150 valence electrons. The van der Waals surface area contributed by atoms with E-state index < -0.39 is 5.97 Å². The van der Waals surface area contributed by atoms with Crippen LogP contribution in [-0.4, -0.2) is 46.3 Å². The lowest BCUT2D eigenvalue weighted by Gasteiger charge is -2.46. The number of carboxylic acids is 1.